The SMILES string of the molecule is COc1ncccc1CN1CC2(C[C@H](OCC3CC3)CS2)C1. The van der Waals surface area contributed by atoms with Crippen LogP contribution in [0.2, 0.25) is 0 Å². The van der Waals surface area contributed by atoms with Crippen LogP contribution in [0.3, 0.4) is 0 Å². The number of hydrogen-bond acceptors (Lipinski definition) is 5. The van der Waals surface area contributed by atoms with Gasteiger partial charge in [0.2, 0.25) is 5.88 Å². The van der Waals surface area contributed by atoms with Gasteiger partial charge in [0.15, 0.2) is 0 Å². The fourth-order valence-corrected chi connectivity index (χ4v) is 5.14. The molecule has 4 rings (SSSR count). The van der Waals surface area contributed by atoms with Crippen molar-refractivity contribution in [3.05, 3.63) is 23.9 Å². The van der Waals surface area contributed by atoms with Crippen LogP contribution >= 0.6 is 11.8 Å². The highest BCUT2D eigenvalue weighted by molar-refractivity contribution is 8.01. The number of likely N-dealkylation sites (tertiary alicyclic amines) is 1. The lowest BCUT2D eigenvalue weighted by Gasteiger charge is -2.47. The summed E-state index contributed by atoms with van der Waals surface area (Å²) < 4.78 is 11.9. The molecule has 1 aromatic heterocycles. The molecule has 2 saturated heterocycles. The third-order valence-corrected chi connectivity index (χ3v) is 6.48. The van der Waals surface area contributed by atoms with Crippen molar-refractivity contribution in [1.29, 1.82) is 0 Å². The molecule has 0 aromatic carbocycles. The minimum absolute atomic E-state index is 0.448. The Bertz CT molecular complexity index is 529. The first kappa shape index (κ1) is 14.8. The van der Waals surface area contributed by atoms with Gasteiger partial charge in [0, 0.05) is 48.5 Å². The molecule has 5 heteroatoms. The van der Waals surface area contributed by atoms with E-state index >= 15 is 0 Å². The molecule has 1 aliphatic carbocycles. The standard InChI is InChI=1S/C17H24N2O2S/c1-20-16-14(3-2-6-18-16)8-19-11-17(12-19)7-15(10-22-17)21-9-13-4-5-13/h2-3,6,13,15H,4-5,7-12H2,1H3/t15-/m0/s1. The maximum absolute atomic E-state index is 6.08. The molecule has 3 aliphatic rings. The van der Waals surface area contributed by atoms with Crippen LogP contribution in [0.5, 0.6) is 5.88 Å². The first-order valence-electron chi connectivity index (χ1n) is 8.22. The summed E-state index contributed by atoms with van der Waals surface area (Å²) in [6, 6.07) is 4.10. The second-order valence-electron chi connectivity index (χ2n) is 6.91. The normalized spacial score (nSPS) is 27.0. The van der Waals surface area contributed by atoms with Crippen molar-refractivity contribution in [3.8, 4) is 5.88 Å². The molecule has 0 amide bonds. The van der Waals surface area contributed by atoms with Crippen molar-refractivity contribution < 1.29 is 9.47 Å². The molecule has 2 aliphatic heterocycles. The fourth-order valence-electron chi connectivity index (χ4n) is 3.54. The molecule has 3 heterocycles. The Morgan fingerprint density at radius 3 is 3.05 bits per heavy atom. The molecule has 1 atom stereocenters. The van der Waals surface area contributed by atoms with Gasteiger partial charge < -0.3 is 9.47 Å². The zero-order chi connectivity index (χ0) is 15.0. The minimum atomic E-state index is 0.448. The summed E-state index contributed by atoms with van der Waals surface area (Å²) in [5.41, 5.74) is 1.18. The van der Waals surface area contributed by atoms with E-state index in [1.807, 2.05) is 6.07 Å². The Balaban J connectivity index is 1.27. The second kappa shape index (κ2) is 6.02. The van der Waals surface area contributed by atoms with Crippen LogP contribution in [0, 0.1) is 5.92 Å². The Morgan fingerprint density at radius 1 is 1.41 bits per heavy atom. The summed E-state index contributed by atoms with van der Waals surface area (Å²) in [6.45, 7) is 4.27. The number of hydrogen-bond donors (Lipinski definition) is 0. The molecule has 1 saturated carbocycles. The van der Waals surface area contributed by atoms with Crippen LogP contribution in [0.4, 0.5) is 0 Å². The average Bonchev–Trinajstić information content (AvgIpc) is 3.24. The van der Waals surface area contributed by atoms with Crippen molar-refractivity contribution in [2.45, 2.75) is 36.7 Å². The molecule has 120 valence electrons. The van der Waals surface area contributed by atoms with E-state index in [0.29, 0.717) is 10.9 Å². The molecule has 0 radical (unpaired) electrons. The molecule has 22 heavy (non-hydrogen) atoms. The first-order chi connectivity index (χ1) is 10.8. The van der Waals surface area contributed by atoms with Gasteiger partial charge in [-0.3, -0.25) is 4.90 Å². The van der Waals surface area contributed by atoms with E-state index in [0.717, 1.165) is 24.9 Å². The fraction of sp³-hybridized carbons (Fsp3) is 0.706. The largest absolute Gasteiger partial charge is 0.481 e. The van der Waals surface area contributed by atoms with Gasteiger partial charge in [-0.15, -0.1) is 11.8 Å². The summed E-state index contributed by atoms with van der Waals surface area (Å²) in [7, 11) is 1.69. The van der Waals surface area contributed by atoms with Crippen LogP contribution in [-0.4, -0.2) is 53.3 Å². The molecular formula is C17H24N2O2S. The molecule has 1 aromatic rings. The zero-order valence-electron chi connectivity index (χ0n) is 13.2. The van der Waals surface area contributed by atoms with E-state index < -0.39 is 0 Å². The quantitative estimate of drug-likeness (QED) is 0.805. The van der Waals surface area contributed by atoms with Crippen LogP contribution in [0.15, 0.2) is 18.3 Å². The van der Waals surface area contributed by atoms with E-state index in [9.17, 15) is 0 Å². The van der Waals surface area contributed by atoms with Gasteiger partial charge in [0.25, 0.3) is 0 Å². The molecule has 0 bridgehead atoms. The molecular weight excluding hydrogens is 296 g/mol. The van der Waals surface area contributed by atoms with Gasteiger partial charge in [0.1, 0.15) is 0 Å². The smallest absolute Gasteiger partial charge is 0.217 e. The molecule has 3 fully saturated rings. The number of ether oxygens (including phenoxy) is 2. The topological polar surface area (TPSA) is 34.6 Å². The van der Waals surface area contributed by atoms with Gasteiger partial charge in [0.05, 0.1) is 13.2 Å². The van der Waals surface area contributed by atoms with Crippen molar-refractivity contribution in [1.82, 2.24) is 9.88 Å². The lowest BCUT2D eigenvalue weighted by atomic mass is 9.92. The predicted octanol–water partition coefficient (Wildman–Crippen LogP) is 2.58. The summed E-state index contributed by atoms with van der Waals surface area (Å²) in [5, 5.41) is 0. The summed E-state index contributed by atoms with van der Waals surface area (Å²) >= 11 is 2.12. The Hall–Kier alpha value is -0.780. The van der Waals surface area contributed by atoms with Gasteiger partial charge in [-0.2, -0.15) is 0 Å². The Labute approximate surface area is 136 Å². The van der Waals surface area contributed by atoms with Crippen LogP contribution in [0.25, 0.3) is 0 Å². The maximum atomic E-state index is 6.08. The van der Waals surface area contributed by atoms with Crippen LogP contribution in [-0.2, 0) is 11.3 Å². The van der Waals surface area contributed by atoms with Crippen LogP contribution < -0.4 is 4.74 Å². The highest BCUT2D eigenvalue weighted by atomic mass is 32.2. The Morgan fingerprint density at radius 2 is 2.27 bits per heavy atom. The van der Waals surface area contributed by atoms with Gasteiger partial charge in [-0.1, -0.05) is 6.07 Å². The Kier molecular flexibility index (Phi) is 4.05. The highest BCUT2D eigenvalue weighted by Gasteiger charge is 2.49. The second-order valence-corrected chi connectivity index (χ2v) is 8.40. The van der Waals surface area contributed by atoms with E-state index in [2.05, 4.69) is 27.7 Å². The molecule has 4 nitrogen and oxygen atoms in total. The molecule has 0 N–H and O–H groups in total. The first-order valence-corrected chi connectivity index (χ1v) is 9.21. The van der Waals surface area contributed by atoms with Crippen molar-refractivity contribution in [3.63, 3.8) is 0 Å². The van der Waals surface area contributed by atoms with Crippen molar-refractivity contribution >= 4 is 11.8 Å². The number of aromatic nitrogens is 1. The van der Waals surface area contributed by atoms with Gasteiger partial charge in [-0.25, -0.2) is 4.98 Å². The van der Waals surface area contributed by atoms with Crippen molar-refractivity contribution in [2.75, 3.05) is 32.6 Å². The van der Waals surface area contributed by atoms with Crippen molar-refractivity contribution in [2.24, 2.45) is 5.92 Å². The van der Waals surface area contributed by atoms with E-state index in [1.165, 1.54) is 43.7 Å². The van der Waals surface area contributed by atoms with Gasteiger partial charge in [-0.05, 0) is 31.2 Å². The highest BCUT2D eigenvalue weighted by Crippen LogP contribution is 2.47. The summed E-state index contributed by atoms with van der Waals surface area (Å²) in [4.78, 5) is 6.78. The molecule has 1 spiro atoms. The number of pyridine rings is 1. The number of methoxy groups -OCH3 is 1. The minimum Gasteiger partial charge on any atom is -0.481 e. The summed E-state index contributed by atoms with van der Waals surface area (Å²) in [6.07, 6.45) is 6.26. The average molecular weight is 320 g/mol. The number of nitrogens with zero attached hydrogens (tertiary/aromatic N) is 2. The van der Waals surface area contributed by atoms with E-state index in [4.69, 9.17) is 9.47 Å². The zero-order valence-corrected chi connectivity index (χ0v) is 14.0. The third kappa shape index (κ3) is 3.12. The lowest BCUT2D eigenvalue weighted by molar-refractivity contribution is 0.0303. The third-order valence-electron chi connectivity index (χ3n) is 4.90. The van der Waals surface area contributed by atoms with E-state index in [-0.39, 0.29) is 0 Å². The number of rotatable bonds is 6. The molecule has 0 unspecified atom stereocenters. The maximum Gasteiger partial charge on any atom is 0.217 e. The number of thioether (sulfide) groups is 1. The lowest BCUT2D eigenvalue weighted by Crippen LogP contribution is -2.58. The monoisotopic (exact) mass is 320 g/mol. The van der Waals surface area contributed by atoms with E-state index in [1.54, 1.807) is 13.3 Å². The summed E-state index contributed by atoms with van der Waals surface area (Å²) in [5.74, 6) is 2.81. The van der Waals surface area contributed by atoms with Crippen LogP contribution in [0.1, 0.15) is 24.8 Å². The predicted molar refractivity (Wildman–Crippen MR) is 88.3 cm³/mol. The van der Waals surface area contributed by atoms with Gasteiger partial charge >= 0.3 is 0 Å².